The number of hydrogen-bond donors (Lipinski definition) is 0. The van der Waals surface area contributed by atoms with Gasteiger partial charge in [-0.15, -0.1) is 0 Å². The van der Waals surface area contributed by atoms with Crippen molar-refractivity contribution in [2.45, 2.75) is 0 Å². The molecule has 0 aliphatic carbocycles. The van der Waals surface area contributed by atoms with E-state index in [2.05, 4.69) is 0 Å². The molecule has 0 saturated carbocycles. The summed E-state index contributed by atoms with van der Waals surface area (Å²) in [4.78, 5) is 39.9. The van der Waals surface area contributed by atoms with E-state index in [1.165, 1.54) is 7.11 Å². The van der Waals surface area contributed by atoms with Crippen LogP contribution in [0, 0.1) is 0 Å². The van der Waals surface area contributed by atoms with Crippen LogP contribution < -0.4 is 14.2 Å². The Morgan fingerprint density at radius 3 is 2.51 bits per heavy atom. The predicted octanol–water partition coefficient (Wildman–Crippen LogP) is 6.84. The molecule has 4 aromatic rings. The molecule has 196 valence electrons. The molecule has 1 aliphatic heterocycles. The molecule has 4 aromatic carbocycles. The lowest BCUT2D eigenvalue weighted by atomic mass is 10.0. The number of ether oxygens (including phenoxy) is 3. The van der Waals surface area contributed by atoms with E-state index in [4.69, 9.17) is 25.8 Å². The van der Waals surface area contributed by atoms with E-state index >= 15 is 0 Å². The molecule has 1 fully saturated rings. The Morgan fingerprint density at radius 2 is 1.72 bits per heavy atom. The van der Waals surface area contributed by atoms with Crippen molar-refractivity contribution >= 4 is 57.3 Å². The lowest BCUT2D eigenvalue weighted by molar-refractivity contribution is -0.123. The second-order valence-electron chi connectivity index (χ2n) is 8.46. The minimum atomic E-state index is -0.539. The zero-order valence-electron chi connectivity index (χ0n) is 20.8. The molecule has 1 saturated heterocycles. The van der Waals surface area contributed by atoms with Crippen LogP contribution in [-0.4, -0.2) is 42.3 Å². The van der Waals surface area contributed by atoms with Gasteiger partial charge in [-0.1, -0.05) is 54.1 Å². The monoisotopic (exact) mass is 559 g/mol. The fraction of sp³-hybridized carbons (Fsp3) is 0.100. The summed E-state index contributed by atoms with van der Waals surface area (Å²) in [6.07, 6.45) is 1.58. The molecule has 0 atom stereocenters. The van der Waals surface area contributed by atoms with Gasteiger partial charge in [0.1, 0.15) is 12.4 Å². The van der Waals surface area contributed by atoms with Gasteiger partial charge < -0.3 is 14.2 Å². The Labute approximate surface area is 233 Å². The SMILES string of the molecule is COc1ccc(/C=C2\SC(=O)N(CCOc3ccc(Cl)cc3)C2=O)cc1OC(=O)c1cccc2ccccc12. The highest BCUT2D eigenvalue weighted by atomic mass is 35.5. The van der Waals surface area contributed by atoms with E-state index in [0.29, 0.717) is 27.6 Å². The number of nitrogens with zero attached hydrogens (tertiary/aromatic N) is 1. The van der Waals surface area contributed by atoms with Gasteiger partial charge in [-0.2, -0.15) is 0 Å². The summed E-state index contributed by atoms with van der Waals surface area (Å²) >= 11 is 6.72. The summed E-state index contributed by atoms with van der Waals surface area (Å²) in [5.74, 6) is 0.178. The molecule has 5 rings (SSSR count). The molecule has 0 radical (unpaired) electrons. The Kier molecular flexibility index (Phi) is 7.86. The Bertz CT molecular complexity index is 1600. The topological polar surface area (TPSA) is 82.1 Å². The Hall–Kier alpha value is -4.27. The zero-order chi connectivity index (χ0) is 27.4. The summed E-state index contributed by atoms with van der Waals surface area (Å²) in [6.45, 7) is 0.241. The minimum absolute atomic E-state index is 0.0984. The van der Waals surface area contributed by atoms with Crippen molar-refractivity contribution in [2.75, 3.05) is 20.3 Å². The summed E-state index contributed by atoms with van der Waals surface area (Å²) in [5, 5.41) is 1.89. The number of carbonyl (C=O) groups excluding carboxylic acids is 3. The van der Waals surface area contributed by atoms with Crippen molar-refractivity contribution in [3.63, 3.8) is 0 Å². The number of halogens is 1. The first-order valence-electron chi connectivity index (χ1n) is 11.9. The van der Waals surface area contributed by atoms with Crippen molar-refractivity contribution in [2.24, 2.45) is 0 Å². The van der Waals surface area contributed by atoms with E-state index in [1.807, 2.05) is 30.3 Å². The number of methoxy groups -OCH3 is 1. The second-order valence-corrected chi connectivity index (χ2v) is 9.89. The normalized spacial score (nSPS) is 14.2. The quantitative estimate of drug-likeness (QED) is 0.133. The highest BCUT2D eigenvalue weighted by Crippen LogP contribution is 2.35. The predicted molar refractivity (Wildman–Crippen MR) is 152 cm³/mol. The van der Waals surface area contributed by atoms with Crippen LogP contribution in [0.1, 0.15) is 15.9 Å². The first kappa shape index (κ1) is 26.3. The molecule has 0 N–H and O–H groups in total. The highest BCUT2D eigenvalue weighted by Gasteiger charge is 2.34. The van der Waals surface area contributed by atoms with Gasteiger partial charge in [-0.25, -0.2) is 4.79 Å². The molecule has 0 unspecified atom stereocenters. The smallest absolute Gasteiger partial charge is 0.344 e. The number of thioether (sulfide) groups is 1. The van der Waals surface area contributed by atoms with Gasteiger partial charge in [0, 0.05) is 5.02 Å². The van der Waals surface area contributed by atoms with Crippen molar-refractivity contribution in [3.8, 4) is 17.2 Å². The van der Waals surface area contributed by atoms with E-state index in [9.17, 15) is 14.4 Å². The molecule has 0 aromatic heterocycles. The molecule has 39 heavy (non-hydrogen) atoms. The number of benzene rings is 4. The van der Waals surface area contributed by atoms with Gasteiger partial charge in [0.2, 0.25) is 0 Å². The summed E-state index contributed by atoms with van der Waals surface area (Å²) in [7, 11) is 1.47. The van der Waals surface area contributed by atoms with Crippen LogP contribution in [-0.2, 0) is 4.79 Å². The lowest BCUT2D eigenvalue weighted by Gasteiger charge is -2.13. The molecule has 0 spiro atoms. The zero-order valence-corrected chi connectivity index (χ0v) is 22.3. The fourth-order valence-electron chi connectivity index (χ4n) is 4.05. The van der Waals surface area contributed by atoms with Crippen LogP contribution in [0.2, 0.25) is 5.02 Å². The van der Waals surface area contributed by atoms with Gasteiger partial charge in [-0.3, -0.25) is 14.5 Å². The number of hydrogen-bond acceptors (Lipinski definition) is 7. The van der Waals surface area contributed by atoms with E-state index < -0.39 is 11.9 Å². The lowest BCUT2D eigenvalue weighted by Crippen LogP contribution is -2.32. The fourth-order valence-corrected chi connectivity index (χ4v) is 5.04. The molecule has 9 heteroatoms. The third-order valence-electron chi connectivity index (χ3n) is 5.97. The first-order chi connectivity index (χ1) is 18.9. The van der Waals surface area contributed by atoms with Gasteiger partial charge in [-0.05, 0) is 76.6 Å². The van der Waals surface area contributed by atoms with Crippen LogP contribution in [0.4, 0.5) is 4.79 Å². The average molecular weight is 560 g/mol. The Balaban J connectivity index is 1.31. The van der Waals surface area contributed by atoms with Crippen LogP contribution in [0.25, 0.3) is 16.8 Å². The largest absolute Gasteiger partial charge is 0.493 e. The number of amides is 2. The van der Waals surface area contributed by atoms with Crippen LogP contribution in [0.3, 0.4) is 0 Å². The highest BCUT2D eigenvalue weighted by molar-refractivity contribution is 8.18. The molecular weight excluding hydrogens is 538 g/mol. The van der Waals surface area contributed by atoms with Crippen molar-refractivity contribution in [1.29, 1.82) is 0 Å². The molecule has 1 heterocycles. The second kappa shape index (κ2) is 11.6. The van der Waals surface area contributed by atoms with Gasteiger partial charge >= 0.3 is 5.97 Å². The molecule has 7 nitrogen and oxygen atoms in total. The average Bonchev–Trinajstić information content (AvgIpc) is 3.21. The van der Waals surface area contributed by atoms with Gasteiger partial charge in [0.25, 0.3) is 11.1 Å². The number of carbonyl (C=O) groups is 3. The van der Waals surface area contributed by atoms with Crippen molar-refractivity contribution in [1.82, 2.24) is 4.90 Å². The van der Waals surface area contributed by atoms with E-state index in [1.54, 1.807) is 60.7 Å². The van der Waals surface area contributed by atoms with E-state index in [-0.39, 0.29) is 29.0 Å². The molecule has 1 aliphatic rings. The molecule has 2 amide bonds. The van der Waals surface area contributed by atoms with Crippen LogP contribution in [0.5, 0.6) is 17.2 Å². The Morgan fingerprint density at radius 1 is 0.949 bits per heavy atom. The summed E-state index contributed by atoms with van der Waals surface area (Å²) in [6, 6.07) is 24.7. The molecular formula is C30H22ClNO6S. The maximum Gasteiger partial charge on any atom is 0.344 e. The van der Waals surface area contributed by atoms with Crippen LogP contribution >= 0.6 is 23.4 Å². The van der Waals surface area contributed by atoms with Gasteiger partial charge in [0.15, 0.2) is 11.5 Å². The van der Waals surface area contributed by atoms with Gasteiger partial charge in [0.05, 0.1) is 24.1 Å². The minimum Gasteiger partial charge on any atom is -0.493 e. The first-order valence-corrected chi connectivity index (χ1v) is 13.1. The maximum absolute atomic E-state index is 13.1. The number of esters is 1. The van der Waals surface area contributed by atoms with Crippen LogP contribution in [0.15, 0.2) is 89.8 Å². The number of imide groups is 1. The van der Waals surface area contributed by atoms with Crippen molar-refractivity contribution in [3.05, 3.63) is 106 Å². The van der Waals surface area contributed by atoms with E-state index in [0.717, 1.165) is 27.4 Å². The number of fused-ring (bicyclic) bond motifs is 1. The summed E-state index contributed by atoms with van der Waals surface area (Å²) in [5.41, 5.74) is 0.988. The third kappa shape index (κ3) is 5.92. The molecule has 0 bridgehead atoms. The number of rotatable bonds is 8. The summed E-state index contributed by atoms with van der Waals surface area (Å²) < 4.78 is 16.7. The van der Waals surface area contributed by atoms with Crippen molar-refractivity contribution < 1.29 is 28.6 Å². The third-order valence-corrected chi connectivity index (χ3v) is 7.13. The maximum atomic E-state index is 13.1. The standard InChI is InChI=1S/C30H22ClNO6S/c1-36-25-14-9-19(17-26(25)38-29(34)24-8-4-6-20-5-2-3-7-23(20)24)18-27-28(33)32(30(35)39-27)15-16-37-22-12-10-21(31)11-13-22/h2-14,17-18H,15-16H2,1H3/b27-18-.